The monoisotopic (exact) mass is 261 g/mol. The van der Waals surface area contributed by atoms with E-state index in [0.717, 1.165) is 12.0 Å². The molecule has 0 heterocycles. The molecule has 0 aliphatic heterocycles. The van der Waals surface area contributed by atoms with Crippen molar-refractivity contribution in [2.24, 2.45) is 16.7 Å². The van der Waals surface area contributed by atoms with E-state index in [1.807, 2.05) is 51.1 Å². The van der Waals surface area contributed by atoms with Crippen molar-refractivity contribution >= 4 is 5.78 Å². The summed E-state index contributed by atoms with van der Waals surface area (Å²) in [6.07, 6.45) is 0.258. The average molecular weight is 261 g/mol. The van der Waals surface area contributed by atoms with Gasteiger partial charge >= 0.3 is 0 Å². The van der Waals surface area contributed by atoms with E-state index in [4.69, 9.17) is 1.37 Å². The van der Waals surface area contributed by atoms with Crippen molar-refractivity contribution < 1.29 is 6.17 Å². The molecule has 2 atom stereocenters. The lowest BCUT2D eigenvalue weighted by molar-refractivity contribution is -0.131. The van der Waals surface area contributed by atoms with Crippen LogP contribution in [-0.2, 0) is 11.2 Å². The molecule has 0 saturated carbocycles. The Bertz CT molecular complexity index is 437. The lowest BCUT2D eigenvalue weighted by atomic mass is 9.73. The van der Waals surface area contributed by atoms with Crippen LogP contribution in [0.3, 0.4) is 0 Å². The quantitative estimate of drug-likeness (QED) is 0.753. The van der Waals surface area contributed by atoms with Gasteiger partial charge in [0.1, 0.15) is 5.78 Å². The molecule has 1 rings (SSSR count). The second-order valence-corrected chi connectivity index (χ2v) is 7.56. The Morgan fingerprint density at radius 1 is 1.11 bits per heavy atom. The molecule has 19 heavy (non-hydrogen) atoms. The molecule has 0 aromatic heterocycles. The molecule has 0 N–H and O–H groups in total. The fourth-order valence-electron chi connectivity index (χ4n) is 2.24. The number of carbonyl (C=O) groups excluding carboxylic acids is 1. The molecule has 0 aliphatic rings. The van der Waals surface area contributed by atoms with Gasteiger partial charge in [-0.25, -0.2) is 0 Å². The Labute approximate surface area is 119 Å². The van der Waals surface area contributed by atoms with E-state index in [9.17, 15) is 4.79 Å². The molecule has 0 fully saturated rings. The summed E-state index contributed by atoms with van der Waals surface area (Å²) in [5.41, 5.74) is 0.572. The van der Waals surface area contributed by atoms with E-state index in [2.05, 4.69) is 20.8 Å². The molecule has 0 amide bonds. The minimum Gasteiger partial charge on any atom is -0.299 e. The first-order valence-corrected chi connectivity index (χ1v) is 7.04. The molecule has 1 aromatic rings. The van der Waals surface area contributed by atoms with Gasteiger partial charge in [-0.05, 0) is 23.8 Å². The second kappa shape index (κ2) is 5.90. The lowest BCUT2D eigenvalue weighted by Gasteiger charge is -2.30. The topological polar surface area (TPSA) is 17.1 Å². The number of carbonyl (C=O) groups is 1. The molecular weight excluding hydrogens is 232 g/mol. The third-order valence-electron chi connectivity index (χ3n) is 3.10. The van der Waals surface area contributed by atoms with Crippen LogP contribution in [0.1, 0.15) is 54.9 Å². The molecule has 0 spiro atoms. The van der Waals surface area contributed by atoms with E-state index in [1.54, 1.807) is 0 Å². The maximum atomic E-state index is 12.7. The van der Waals surface area contributed by atoms with Gasteiger partial charge in [-0.3, -0.25) is 4.79 Å². The largest absolute Gasteiger partial charge is 0.299 e. The van der Waals surface area contributed by atoms with Crippen molar-refractivity contribution in [2.45, 2.75) is 54.4 Å². The Balaban J connectivity index is 3.08. The Kier molecular flexibility index (Phi) is 4.44. The second-order valence-electron chi connectivity index (χ2n) is 7.56. The summed E-state index contributed by atoms with van der Waals surface area (Å²) in [5.74, 6) is -0.0614. The van der Waals surface area contributed by atoms with Crippen LogP contribution in [0.2, 0.25) is 0 Å². The summed E-state index contributed by atoms with van der Waals surface area (Å²) in [6.45, 7) is 12.2. The molecule has 0 unspecified atom stereocenters. The number of Topliss-reactive ketones (excluding diaryl/α,β-unsaturated/α-hetero) is 1. The van der Waals surface area contributed by atoms with Gasteiger partial charge in [0.05, 0.1) is 0 Å². The number of rotatable bonds is 4. The molecule has 0 bridgehead atoms. The molecule has 0 aliphatic carbocycles. The van der Waals surface area contributed by atoms with Gasteiger partial charge in [-0.2, -0.15) is 0 Å². The van der Waals surface area contributed by atoms with Crippen molar-refractivity contribution in [3.8, 4) is 0 Å². The molecule has 1 nitrogen and oxygen atoms in total. The highest BCUT2D eigenvalue weighted by Crippen LogP contribution is 2.32. The van der Waals surface area contributed by atoms with Gasteiger partial charge in [-0.15, -0.1) is 0 Å². The molecule has 0 saturated heterocycles. The van der Waals surface area contributed by atoms with Gasteiger partial charge in [0, 0.05) is 12.7 Å². The standard InChI is InChI=1S/C18H28O/c1-17(2,3)13-15(16(19)18(4,5)6)12-14-10-8-7-9-11-14/h7-11,15H,12-13H2,1-6H3/t15-/m1/s1/i12D/t12-,15+/m0. The van der Waals surface area contributed by atoms with Crippen LogP contribution in [0.5, 0.6) is 0 Å². The van der Waals surface area contributed by atoms with E-state index in [0.29, 0.717) is 0 Å². The number of ketones is 1. The summed E-state index contributed by atoms with van der Waals surface area (Å²) in [5, 5.41) is 0. The summed E-state index contributed by atoms with van der Waals surface area (Å²) in [7, 11) is 0. The highest BCUT2D eigenvalue weighted by Gasteiger charge is 2.32. The molecular formula is C18H28O. The summed E-state index contributed by atoms with van der Waals surface area (Å²) < 4.78 is 8.54. The Hall–Kier alpha value is -1.11. The summed E-state index contributed by atoms with van der Waals surface area (Å²) >= 11 is 0. The van der Waals surface area contributed by atoms with Crippen LogP contribution in [0, 0.1) is 16.7 Å². The van der Waals surface area contributed by atoms with Crippen LogP contribution >= 0.6 is 0 Å². The molecule has 1 heteroatoms. The minimum atomic E-state index is -0.484. The van der Waals surface area contributed by atoms with Gasteiger partial charge in [0.15, 0.2) is 0 Å². The van der Waals surface area contributed by atoms with Crippen molar-refractivity contribution in [1.82, 2.24) is 0 Å². The predicted octanol–water partition coefficient (Wildman–Crippen LogP) is 4.90. The molecule has 1 aromatic carbocycles. The van der Waals surface area contributed by atoms with Gasteiger partial charge in [0.2, 0.25) is 0 Å². The van der Waals surface area contributed by atoms with E-state index >= 15 is 0 Å². The first-order chi connectivity index (χ1) is 9.02. The van der Waals surface area contributed by atoms with Crippen LogP contribution in [-0.4, -0.2) is 5.78 Å². The normalized spacial score (nSPS) is 16.6. The van der Waals surface area contributed by atoms with Crippen LogP contribution in [0.4, 0.5) is 0 Å². The highest BCUT2D eigenvalue weighted by atomic mass is 16.1. The summed E-state index contributed by atoms with van der Waals surface area (Å²) in [4.78, 5) is 12.7. The van der Waals surface area contributed by atoms with Crippen LogP contribution in [0.25, 0.3) is 0 Å². The first-order valence-electron chi connectivity index (χ1n) is 7.61. The van der Waals surface area contributed by atoms with E-state index in [-0.39, 0.29) is 17.1 Å². The fourth-order valence-corrected chi connectivity index (χ4v) is 2.24. The zero-order chi connectivity index (χ0) is 15.6. The third-order valence-corrected chi connectivity index (χ3v) is 3.10. The number of hydrogen-bond donors (Lipinski definition) is 0. The van der Waals surface area contributed by atoms with Gasteiger partial charge < -0.3 is 0 Å². The zero-order valence-electron chi connectivity index (χ0n) is 14.2. The SMILES string of the molecule is [2H][C@@H](c1ccccc1)[C@H](CC(C)(C)C)C(=O)C(C)(C)C. The first kappa shape index (κ1) is 14.3. The predicted molar refractivity (Wildman–Crippen MR) is 82.2 cm³/mol. The van der Waals surface area contributed by atoms with E-state index < -0.39 is 11.8 Å². The lowest BCUT2D eigenvalue weighted by Crippen LogP contribution is -2.32. The average Bonchev–Trinajstić information content (AvgIpc) is 2.33. The van der Waals surface area contributed by atoms with Crippen LogP contribution in [0.15, 0.2) is 30.3 Å². The minimum absolute atomic E-state index is 0.0413. The smallest absolute Gasteiger partial charge is 0.141 e. The molecule has 106 valence electrons. The van der Waals surface area contributed by atoms with Gasteiger partial charge in [-0.1, -0.05) is 71.9 Å². The van der Waals surface area contributed by atoms with Crippen molar-refractivity contribution in [2.75, 3.05) is 0 Å². The summed E-state index contributed by atoms with van der Waals surface area (Å²) in [6, 6.07) is 9.71. The van der Waals surface area contributed by atoms with E-state index in [1.165, 1.54) is 0 Å². The van der Waals surface area contributed by atoms with Gasteiger partial charge in [0.25, 0.3) is 0 Å². The van der Waals surface area contributed by atoms with Crippen molar-refractivity contribution in [1.29, 1.82) is 0 Å². The van der Waals surface area contributed by atoms with Crippen LogP contribution < -0.4 is 0 Å². The van der Waals surface area contributed by atoms with Crippen molar-refractivity contribution in [3.05, 3.63) is 35.9 Å². The Morgan fingerprint density at radius 3 is 2.05 bits per heavy atom. The molecule has 0 radical (unpaired) electrons. The Morgan fingerprint density at radius 2 is 1.63 bits per heavy atom. The fraction of sp³-hybridized carbons (Fsp3) is 0.611. The zero-order valence-corrected chi connectivity index (χ0v) is 13.2. The maximum Gasteiger partial charge on any atom is 0.141 e. The maximum absolute atomic E-state index is 12.7. The highest BCUT2D eigenvalue weighted by molar-refractivity contribution is 5.86. The number of benzene rings is 1. The number of hydrogen-bond acceptors (Lipinski definition) is 1. The van der Waals surface area contributed by atoms with Crippen molar-refractivity contribution in [3.63, 3.8) is 0 Å². The third kappa shape index (κ3) is 5.59.